The molecule has 0 radical (unpaired) electrons. The van der Waals surface area contributed by atoms with E-state index in [1.807, 2.05) is 47.3 Å². The fourth-order valence-corrected chi connectivity index (χ4v) is 3.52. The molecular weight excluding hydrogens is 364 g/mol. The van der Waals surface area contributed by atoms with Gasteiger partial charge >= 0.3 is 0 Å². The number of rotatable bonds is 3. The van der Waals surface area contributed by atoms with Gasteiger partial charge in [0, 0.05) is 36.7 Å². The molecule has 7 nitrogen and oxygen atoms in total. The molecule has 1 saturated heterocycles. The molecule has 0 amide bonds. The third kappa shape index (κ3) is 3.30. The average Bonchev–Trinajstić information content (AvgIpc) is 3.23. The molecule has 7 heteroatoms. The highest BCUT2D eigenvalue weighted by Crippen LogP contribution is 2.25. The predicted octanol–water partition coefficient (Wildman–Crippen LogP) is 3.19. The first-order chi connectivity index (χ1) is 14.3. The first-order valence-electron chi connectivity index (χ1n) is 9.44. The molecule has 5 rings (SSSR count). The lowest BCUT2D eigenvalue weighted by Crippen LogP contribution is -2.37. The third-order valence-electron chi connectivity index (χ3n) is 5.07. The molecule has 0 atom stereocenters. The van der Waals surface area contributed by atoms with Crippen LogP contribution in [0.3, 0.4) is 0 Å². The van der Waals surface area contributed by atoms with Gasteiger partial charge in [-0.05, 0) is 35.9 Å². The van der Waals surface area contributed by atoms with E-state index < -0.39 is 0 Å². The zero-order valence-corrected chi connectivity index (χ0v) is 15.7. The van der Waals surface area contributed by atoms with Crippen molar-refractivity contribution in [2.45, 2.75) is 0 Å². The van der Waals surface area contributed by atoms with Crippen molar-refractivity contribution >= 4 is 17.0 Å². The molecule has 0 aliphatic carbocycles. The summed E-state index contributed by atoms with van der Waals surface area (Å²) in [5, 5.41) is 9.08. The van der Waals surface area contributed by atoms with Crippen molar-refractivity contribution in [2.75, 3.05) is 31.2 Å². The van der Waals surface area contributed by atoms with Gasteiger partial charge in [-0.15, -0.1) is 0 Å². The Bertz CT molecular complexity index is 1200. The summed E-state index contributed by atoms with van der Waals surface area (Å²) in [6, 6.07) is 15.9. The SMILES string of the molecule is N#Cc1ccc2c(c1)ncn2-c1cccc(-c2cnc(N3CCOCC3)nc2)c1. The van der Waals surface area contributed by atoms with Gasteiger partial charge in [0.1, 0.15) is 6.33 Å². The molecule has 142 valence electrons. The maximum absolute atomic E-state index is 9.08. The van der Waals surface area contributed by atoms with Crippen molar-refractivity contribution in [3.05, 3.63) is 66.7 Å². The van der Waals surface area contributed by atoms with Gasteiger partial charge in [0.15, 0.2) is 0 Å². The maximum Gasteiger partial charge on any atom is 0.225 e. The van der Waals surface area contributed by atoms with Crippen LogP contribution in [0, 0.1) is 11.3 Å². The van der Waals surface area contributed by atoms with Gasteiger partial charge in [0.05, 0.1) is 35.9 Å². The second kappa shape index (κ2) is 7.34. The molecule has 0 N–H and O–H groups in total. The van der Waals surface area contributed by atoms with Gasteiger partial charge in [-0.1, -0.05) is 12.1 Å². The molecule has 0 spiro atoms. The van der Waals surface area contributed by atoms with E-state index in [4.69, 9.17) is 10.00 Å². The number of aromatic nitrogens is 4. The van der Waals surface area contributed by atoms with Gasteiger partial charge in [-0.3, -0.25) is 4.57 Å². The van der Waals surface area contributed by atoms with E-state index in [1.165, 1.54) is 0 Å². The van der Waals surface area contributed by atoms with Crippen LogP contribution in [0.1, 0.15) is 5.56 Å². The largest absolute Gasteiger partial charge is 0.378 e. The first kappa shape index (κ1) is 17.3. The molecule has 0 unspecified atom stereocenters. The van der Waals surface area contributed by atoms with E-state index in [9.17, 15) is 0 Å². The summed E-state index contributed by atoms with van der Waals surface area (Å²) >= 11 is 0. The number of nitriles is 1. The van der Waals surface area contributed by atoms with Crippen molar-refractivity contribution in [3.63, 3.8) is 0 Å². The zero-order valence-electron chi connectivity index (χ0n) is 15.7. The number of imidazole rings is 1. The van der Waals surface area contributed by atoms with Gasteiger partial charge in [0.25, 0.3) is 0 Å². The highest BCUT2D eigenvalue weighted by atomic mass is 16.5. The summed E-state index contributed by atoms with van der Waals surface area (Å²) in [7, 11) is 0. The van der Waals surface area contributed by atoms with Gasteiger partial charge in [-0.25, -0.2) is 15.0 Å². The minimum atomic E-state index is 0.606. The van der Waals surface area contributed by atoms with E-state index in [0.717, 1.165) is 46.9 Å². The third-order valence-corrected chi connectivity index (χ3v) is 5.07. The van der Waals surface area contributed by atoms with Crippen LogP contribution in [-0.2, 0) is 4.74 Å². The summed E-state index contributed by atoms with van der Waals surface area (Å²) in [5.74, 6) is 0.738. The van der Waals surface area contributed by atoms with Crippen molar-refractivity contribution in [1.82, 2.24) is 19.5 Å². The Morgan fingerprint density at radius 1 is 0.931 bits per heavy atom. The number of hydrogen-bond donors (Lipinski definition) is 0. The second-order valence-electron chi connectivity index (χ2n) is 6.85. The van der Waals surface area contributed by atoms with Crippen LogP contribution in [-0.4, -0.2) is 45.8 Å². The minimum Gasteiger partial charge on any atom is -0.378 e. The minimum absolute atomic E-state index is 0.606. The smallest absolute Gasteiger partial charge is 0.225 e. The zero-order chi connectivity index (χ0) is 19.6. The number of nitrogens with zero attached hydrogens (tertiary/aromatic N) is 6. The highest BCUT2D eigenvalue weighted by molar-refractivity contribution is 5.79. The van der Waals surface area contributed by atoms with E-state index in [0.29, 0.717) is 18.8 Å². The summed E-state index contributed by atoms with van der Waals surface area (Å²) in [6.07, 6.45) is 5.51. The summed E-state index contributed by atoms with van der Waals surface area (Å²) < 4.78 is 7.40. The fourth-order valence-electron chi connectivity index (χ4n) is 3.52. The summed E-state index contributed by atoms with van der Waals surface area (Å²) in [5.41, 5.74) is 5.35. The van der Waals surface area contributed by atoms with Crippen molar-refractivity contribution in [1.29, 1.82) is 5.26 Å². The molecular formula is C22H18N6O. The first-order valence-corrected chi connectivity index (χ1v) is 9.44. The molecule has 4 aromatic rings. The Morgan fingerprint density at radius 2 is 1.76 bits per heavy atom. The molecule has 29 heavy (non-hydrogen) atoms. The number of benzene rings is 2. The van der Waals surface area contributed by atoms with E-state index >= 15 is 0 Å². The lowest BCUT2D eigenvalue weighted by molar-refractivity contribution is 0.122. The molecule has 3 heterocycles. The van der Waals surface area contributed by atoms with Gasteiger partial charge in [-0.2, -0.15) is 5.26 Å². The van der Waals surface area contributed by atoms with Crippen LogP contribution in [0.5, 0.6) is 0 Å². The molecule has 2 aromatic carbocycles. The molecule has 0 bridgehead atoms. The Hall–Kier alpha value is -3.76. The van der Waals surface area contributed by atoms with Crippen LogP contribution in [0.25, 0.3) is 27.8 Å². The summed E-state index contributed by atoms with van der Waals surface area (Å²) in [6.45, 7) is 3.05. The molecule has 2 aromatic heterocycles. The molecule has 1 fully saturated rings. The molecule has 1 aliphatic rings. The van der Waals surface area contributed by atoms with Crippen LogP contribution in [0.2, 0.25) is 0 Å². The van der Waals surface area contributed by atoms with Crippen LogP contribution >= 0.6 is 0 Å². The number of fused-ring (bicyclic) bond motifs is 1. The lowest BCUT2D eigenvalue weighted by atomic mass is 10.1. The number of hydrogen-bond acceptors (Lipinski definition) is 6. The van der Waals surface area contributed by atoms with Gasteiger partial charge in [0.2, 0.25) is 5.95 Å². The number of ether oxygens (including phenoxy) is 1. The second-order valence-corrected chi connectivity index (χ2v) is 6.85. The van der Waals surface area contributed by atoms with Crippen molar-refractivity contribution in [3.8, 4) is 22.9 Å². The average molecular weight is 382 g/mol. The Morgan fingerprint density at radius 3 is 2.55 bits per heavy atom. The fraction of sp³-hybridized carbons (Fsp3) is 0.182. The van der Waals surface area contributed by atoms with E-state index in [1.54, 1.807) is 12.4 Å². The highest BCUT2D eigenvalue weighted by Gasteiger charge is 2.14. The van der Waals surface area contributed by atoms with Crippen LogP contribution in [0.15, 0.2) is 61.2 Å². The van der Waals surface area contributed by atoms with E-state index in [2.05, 4.69) is 32.0 Å². The molecule has 0 saturated carbocycles. The number of morpholine rings is 1. The number of anilines is 1. The Balaban J connectivity index is 1.46. The maximum atomic E-state index is 9.08. The predicted molar refractivity (Wildman–Crippen MR) is 110 cm³/mol. The normalized spacial score (nSPS) is 14.1. The monoisotopic (exact) mass is 382 g/mol. The molecule has 1 aliphatic heterocycles. The lowest BCUT2D eigenvalue weighted by Gasteiger charge is -2.26. The Labute approximate surface area is 167 Å². The van der Waals surface area contributed by atoms with Crippen molar-refractivity contribution in [2.24, 2.45) is 0 Å². The topological polar surface area (TPSA) is 79.9 Å². The Kier molecular flexibility index (Phi) is 4.39. The standard InChI is InChI=1S/C22H18N6O/c23-12-16-4-5-21-20(10-16)26-15-28(21)19-3-1-2-17(11-19)18-13-24-22(25-14-18)27-6-8-29-9-7-27/h1-5,10-11,13-15H,6-9H2. The van der Waals surface area contributed by atoms with Crippen LogP contribution < -0.4 is 4.90 Å². The van der Waals surface area contributed by atoms with Crippen LogP contribution in [0.4, 0.5) is 5.95 Å². The summed E-state index contributed by atoms with van der Waals surface area (Å²) in [4.78, 5) is 15.7. The van der Waals surface area contributed by atoms with Crippen molar-refractivity contribution < 1.29 is 4.74 Å². The van der Waals surface area contributed by atoms with E-state index in [-0.39, 0.29) is 0 Å². The quantitative estimate of drug-likeness (QED) is 0.541. The van der Waals surface area contributed by atoms with Gasteiger partial charge < -0.3 is 9.64 Å².